The number of halogens is 3. The van der Waals surface area contributed by atoms with Crippen LogP contribution < -0.4 is 4.74 Å². The molecular weight excluding hydrogens is 370 g/mol. The highest BCUT2D eigenvalue weighted by atomic mass is 79.9. The van der Waals surface area contributed by atoms with Crippen molar-refractivity contribution in [1.29, 1.82) is 0 Å². The van der Waals surface area contributed by atoms with E-state index in [1.165, 1.54) is 12.2 Å². The van der Waals surface area contributed by atoms with Gasteiger partial charge >= 0.3 is 0 Å². The van der Waals surface area contributed by atoms with Crippen molar-refractivity contribution in [3.8, 4) is 11.5 Å². The summed E-state index contributed by atoms with van der Waals surface area (Å²) in [5.74, 6) is -2.03. The lowest BCUT2D eigenvalue weighted by molar-refractivity contribution is 0.104. The summed E-state index contributed by atoms with van der Waals surface area (Å²) in [6.45, 7) is 2.14. The molecule has 0 bridgehead atoms. The summed E-state index contributed by atoms with van der Waals surface area (Å²) in [5, 5.41) is 9.82. The first-order valence-electron chi connectivity index (χ1n) is 6.75. The fourth-order valence-electron chi connectivity index (χ4n) is 1.91. The minimum Gasteiger partial charge on any atom is -0.503 e. The third-order valence-electron chi connectivity index (χ3n) is 2.97. The lowest BCUT2D eigenvalue weighted by atomic mass is 10.1. The molecule has 0 amide bonds. The highest BCUT2D eigenvalue weighted by Crippen LogP contribution is 2.35. The molecule has 0 atom stereocenters. The molecule has 0 aromatic heterocycles. The van der Waals surface area contributed by atoms with Crippen molar-refractivity contribution in [3.05, 3.63) is 63.6 Å². The van der Waals surface area contributed by atoms with Crippen molar-refractivity contribution in [3.63, 3.8) is 0 Å². The number of ketones is 1. The van der Waals surface area contributed by atoms with Gasteiger partial charge in [-0.3, -0.25) is 4.79 Å². The van der Waals surface area contributed by atoms with Gasteiger partial charge in [-0.2, -0.15) is 0 Å². The second-order valence-electron chi connectivity index (χ2n) is 4.60. The summed E-state index contributed by atoms with van der Waals surface area (Å²) < 4.78 is 32.1. The number of phenolic OH excluding ortho intramolecular Hbond substituents is 1. The second-order valence-corrected chi connectivity index (χ2v) is 5.46. The van der Waals surface area contributed by atoms with E-state index in [9.17, 15) is 18.7 Å². The molecule has 120 valence electrons. The molecule has 6 heteroatoms. The summed E-state index contributed by atoms with van der Waals surface area (Å²) in [5.41, 5.74) is 0.361. The number of rotatable bonds is 5. The topological polar surface area (TPSA) is 46.5 Å². The Hall–Kier alpha value is -2.21. The molecule has 0 radical (unpaired) electrons. The van der Waals surface area contributed by atoms with Crippen molar-refractivity contribution in [2.24, 2.45) is 0 Å². The number of carbonyl (C=O) groups is 1. The third kappa shape index (κ3) is 4.16. The average Bonchev–Trinajstić information content (AvgIpc) is 2.50. The molecule has 0 spiro atoms. The molecule has 2 rings (SSSR count). The number of ether oxygens (including phenoxy) is 1. The van der Waals surface area contributed by atoms with Crippen molar-refractivity contribution in [2.75, 3.05) is 6.61 Å². The van der Waals surface area contributed by atoms with Gasteiger partial charge < -0.3 is 9.84 Å². The van der Waals surface area contributed by atoms with Crippen LogP contribution in [0.1, 0.15) is 22.8 Å². The standard InChI is InChI=1S/C17H13BrF2O3/c1-2-23-16-8-10(7-13(18)17(16)22)3-6-15(21)12-5-4-11(19)9-14(12)20/h3-9,22H,2H2,1H3/b6-3+. The maximum Gasteiger partial charge on any atom is 0.188 e. The van der Waals surface area contributed by atoms with Crippen LogP contribution in [0.4, 0.5) is 8.78 Å². The molecule has 23 heavy (non-hydrogen) atoms. The van der Waals surface area contributed by atoms with Gasteiger partial charge in [0.1, 0.15) is 11.6 Å². The Morgan fingerprint density at radius 1 is 1.30 bits per heavy atom. The molecule has 0 heterocycles. The molecule has 0 aliphatic carbocycles. The van der Waals surface area contributed by atoms with E-state index in [1.807, 2.05) is 0 Å². The number of hydrogen-bond donors (Lipinski definition) is 1. The molecule has 0 aliphatic rings. The van der Waals surface area contributed by atoms with Crippen molar-refractivity contribution in [1.82, 2.24) is 0 Å². The monoisotopic (exact) mass is 382 g/mol. The van der Waals surface area contributed by atoms with E-state index < -0.39 is 17.4 Å². The zero-order valence-electron chi connectivity index (χ0n) is 12.1. The second kappa shape index (κ2) is 7.37. The smallest absolute Gasteiger partial charge is 0.188 e. The van der Waals surface area contributed by atoms with Crippen LogP contribution in [-0.4, -0.2) is 17.5 Å². The van der Waals surface area contributed by atoms with Crippen LogP contribution in [0.3, 0.4) is 0 Å². The highest BCUT2D eigenvalue weighted by molar-refractivity contribution is 9.10. The van der Waals surface area contributed by atoms with E-state index >= 15 is 0 Å². The van der Waals surface area contributed by atoms with Gasteiger partial charge in [0.05, 0.1) is 16.6 Å². The first-order chi connectivity index (χ1) is 10.9. The summed E-state index contributed by atoms with van der Waals surface area (Å²) in [6, 6.07) is 5.91. The fourth-order valence-corrected chi connectivity index (χ4v) is 2.37. The Balaban J connectivity index is 2.27. The highest BCUT2D eigenvalue weighted by Gasteiger charge is 2.11. The molecule has 0 saturated carbocycles. The summed E-state index contributed by atoms with van der Waals surface area (Å²) >= 11 is 3.19. The zero-order chi connectivity index (χ0) is 17.0. The Labute approximate surface area is 140 Å². The number of allylic oxidation sites excluding steroid dienone is 1. The van der Waals surface area contributed by atoms with Gasteiger partial charge in [-0.25, -0.2) is 8.78 Å². The Morgan fingerprint density at radius 3 is 2.70 bits per heavy atom. The first kappa shape index (κ1) is 17.1. The molecule has 0 unspecified atom stereocenters. The van der Waals surface area contributed by atoms with Gasteiger partial charge in [0.25, 0.3) is 0 Å². The van der Waals surface area contributed by atoms with Gasteiger partial charge in [0, 0.05) is 6.07 Å². The fraction of sp³-hybridized carbons (Fsp3) is 0.118. The molecule has 0 fully saturated rings. The number of carbonyl (C=O) groups excluding carboxylic acids is 1. The minimum absolute atomic E-state index is 0.0418. The van der Waals surface area contributed by atoms with Gasteiger partial charge in [0.2, 0.25) is 0 Å². The van der Waals surface area contributed by atoms with E-state index in [0.29, 0.717) is 22.7 Å². The van der Waals surface area contributed by atoms with Crippen molar-refractivity contribution < 1.29 is 23.4 Å². The zero-order valence-corrected chi connectivity index (χ0v) is 13.7. The molecule has 0 saturated heterocycles. The maximum absolute atomic E-state index is 13.6. The van der Waals surface area contributed by atoms with Crippen LogP contribution in [0.2, 0.25) is 0 Å². The van der Waals surface area contributed by atoms with Crippen LogP contribution in [0.25, 0.3) is 6.08 Å². The molecule has 3 nitrogen and oxygen atoms in total. The average molecular weight is 383 g/mol. The van der Waals surface area contributed by atoms with Crippen LogP contribution in [0, 0.1) is 11.6 Å². The molecule has 2 aromatic rings. The number of phenols is 1. The van der Waals surface area contributed by atoms with Crippen LogP contribution in [-0.2, 0) is 0 Å². The van der Waals surface area contributed by atoms with E-state index in [1.54, 1.807) is 19.1 Å². The van der Waals surface area contributed by atoms with Crippen molar-refractivity contribution in [2.45, 2.75) is 6.92 Å². The Bertz CT molecular complexity index is 773. The van der Waals surface area contributed by atoms with E-state index in [4.69, 9.17) is 4.74 Å². The quantitative estimate of drug-likeness (QED) is 0.600. The largest absolute Gasteiger partial charge is 0.503 e. The van der Waals surface area contributed by atoms with Gasteiger partial charge in [-0.05, 0) is 58.8 Å². The molecular formula is C17H13BrF2O3. The minimum atomic E-state index is -0.915. The van der Waals surface area contributed by atoms with E-state index in [-0.39, 0.29) is 17.1 Å². The van der Waals surface area contributed by atoms with E-state index in [0.717, 1.165) is 12.1 Å². The normalized spacial score (nSPS) is 11.0. The Kier molecular flexibility index (Phi) is 5.50. The van der Waals surface area contributed by atoms with Gasteiger partial charge in [0.15, 0.2) is 17.3 Å². The molecule has 1 N–H and O–H groups in total. The lowest BCUT2D eigenvalue weighted by Gasteiger charge is -2.08. The number of benzene rings is 2. The first-order valence-corrected chi connectivity index (χ1v) is 7.54. The maximum atomic E-state index is 13.6. The predicted molar refractivity (Wildman–Crippen MR) is 86.7 cm³/mol. The predicted octanol–water partition coefficient (Wildman–Crippen LogP) is 4.73. The van der Waals surface area contributed by atoms with Crippen LogP contribution in [0.15, 0.2) is 40.9 Å². The van der Waals surface area contributed by atoms with Crippen molar-refractivity contribution >= 4 is 27.8 Å². The van der Waals surface area contributed by atoms with Gasteiger partial charge in [-0.1, -0.05) is 6.08 Å². The summed E-state index contributed by atoms with van der Waals surface area (Å²) in [7, 11) is 0. The molecule has 0 aliphatic heterocycles. The lowest BCUT2D eigenvalue weighted by Crippen LogP contribution is -1.99. The number of aromatic hydroxyl groups is 1. The summed E-state index contributed by atoms with van der Waals surface area (Å²) in [4.78, 5) is 12.0. The Morgan fingerprint density at radius 2 is 2.04 bits per heavy atom. The van der Waals surface area contributed by atoms with Crippen LogP contribution >= 0.6 is 15.9 Å². The van der Waals surface area contributed by atoms with Crippen LogP contribution in [0.5, 0.6) is 11.5 Å². The van der Waals surface area contributed by atoms with Gasteiger partial charge in [-0.15, -0.1) is 0 Å². The SMILES string of the molecule is CCOc1cc(/C=C/C(=O)c2ccc(F)cc2F)cc(Br)c1O. The summed E-state index contributed by atoms with van der Waals surface area (Å²) in [6.07, 6.45) is 2.63. The molecule has 2 aromatic carbocycles. The third-order valence-corrected chi connectivity index (χ3v) is 3.58. The number of hydrogen-bond acceptors (Lipinski definition) is 3. The van der Waals surface area contributed by atoms with E-state index in [2.05, 4.69) is 15.9 Å².